The number of nitriles is 1. The summed E-state index contributed by atoms with van der Waals surface area (Å²) in [5, 5.41) is 9.41. The molecule has 1 aromatic heterocycles. The van der Waals surface area contributed by atoms with Gasteiger partial charge in [-0.3, -0.25) is 9.88 Å². The van der Waals surface area contributed by atoms with Gasteiger partial charge in [-0.25, -0.2) is 0 Å². The van der Waals surface area contributed by atoms with Crippen molar-refractivity contribution >= 4 is 0 Å². The maximum Gasteiger partial charge on any atom is 0.101 e. The summed E-state index contributed by atoms with van der Waals surface area (Å²) in [6, 6.07) is 5.14. The van der Waals surface area contributed by atoms with Crippen molar-refractivity contribution in [2.45, 2.75) is 64.5 Å². The molecule has 2 saturated heterocycles. The zero-order chi connectivity index (χ0) is 15.0. The van der Waals surface area contributed by atoms with Gasteiger partial charge in [0.05, 0.1) is 11.3 Å². The molecule has 112 valence electrons. The monoisotopic (exact) mass is 283 g/mol. The van der Waals surface area contributed by atoms with Crippen LogP contribution in [0.1, 0.15) is 63.3 Å². The van der Waals surface area contributed by atoms with Crippen molar-refractivity contribution in [2.24, 2.45) is 5.92 Å². The second-order valence-electron chi connectivity index (χ2n) is 7.71. The van der Waals surface area contributed by atoms with Crippen LogP contribution in [0.3, 0.4) is 0 Å². The van der Waals surface area contributed by atoms with E-state index < -0.39 is 0 Å². The summed E-state index contributed by atoms with van der Waals surface area (Å²) in [7, 11) is 0. The molecular formula is C18H25N3. The second-order valence-corrected chi connectivity index (χ2v) is 7.71. The summed E-state index contributed by atoms with van der Waals surface area (Å²) < 4.78 is 0. The minimum atomic E-state index is -0.0756. The molecule has 3 aliphatic rings. The average molecular weight is 283 g/mol. The normalized spacial score (nSPS) is 25.8. The predicted molar refractivity (Wildman–Crippen MR) is 83.8 cm³/mol. The van der Waals surface area contributed by atoms with E-state index in [1.54, 1.807) is 0 Å². The fourth-order valence-electron chi connectivity index (χ4n) is 3.88. The topological polar surface area (TPSA) is 39.9 Å². The lowest BCUT2D eigenvalue weighted by molar-refractivity contribution is 0.0425. The quantitative estimate of drug-likeness (QED) is 0.832. The molecule has 0 unspecified atom stereocenters. The Balaban J connectivity index is 1.79. The van der Waals surface area contributed by atoms with Crippen LogP contribution in [-0.2, 0) is 12.0 Å². The summed E-state index contributed by atoms with van der Waals surface area (Å²) in [6.45, 7) is 8.51. The average Bonchev–Trinajstić information content (AvgIpc) is 2.47. The lowest BCUT2D eigenvalue weighted by atomic mass is 9.80. The first-order valence-corrected chi connectivity index (χ1v) is 8.11. The van der Waals surface area contributed by atoms with E-state index in [0.29, 0.717) is 0 Å². The Hall–Kier alpha value is -1.40. The highest BCUT2D eigenvalue weighted by molar-refractivity contribution is 5.39. The Labute approximate surface area is 128 Å². The third-order valence-electron chi connectivity index (χ3n) is 4.99. The van der Waals surface area contributed by atoms with Crippen molar-refractivity contribution in [3.8, 4) is 6.07 Å². The van der Waals surface area contributed by atoms with Crippen LogP contribution in [0.25, 0.3) is 0 Å². The van der Waals surface area contributed by atoms with E-state index in [4.69, 9.17) is 0 Å². The fraction of sp³-hybridized carbons (Fsp3) is 0.667. The van der Waals surface area contributed by atoms with Crippen LogP contribution in [0, 0.1) is 17.2 Å². The third kappa shape index (κ3) is 2.96. The maximum absolute atomic E-state index is 9.41. The van der Waals surface area contributed by atoms with Gasteiger partial charge in [0.2, 0.25) is 0 Å². The van der Waals surface area contributed by atoms with E-state index in [9.17, 15) is 5.26 Å². The van der Waals surface area contributed by atoms with Crippen molar-refractivity contribution in [2.75, 3.05) is 6.54 Å². The van der Waals surface area contributed by atoms with Crippen molar-refractivity contribution in [3.05, 3.63) is 29.1 Å². The summed E-state index contributed by atoms with van der Waals surface area (Å²) in [5.74, 6) is 0.896. The number of fused-ring (bicyclic) bond motifs is 3. The molecule has 3 nitrogen and oxygen atoms in total. The van der Waals surface area contributed by atoms with Gasteiger partial charge in [-0.1, -0.05) is 20.8 Å². The Bertz CT molecular complexity index is 557. The minimum Gasteiger partial charge on any atom is -0.296 e. The van der Waals surface area contributed by atoms with Crippen molar-refractivity contribution in [1.29, 1.82) is 5.26 Å². The largest absolute Gasteiger partial charge is 0.296 e. The predicted octanol–water partition coefficient (Wildman–Crippen LogP) is 3.63. The molecule has 3 fully saturated rings. The van der Waals surface area contributed by atoms with Gasteiger partial charge in [-0.05, 0) is 43.2 Å². The van der Waals surface area contributed by atoms with Gasteiger partial charge in [-0.15, -0.1) is 0 Å². The molecule has 0 aromatic carbocycles. The van der Waals surface area contributed by atoms with E-state index >= 15 is 0 Å². The van der Waals surface area contributed by atoms with E-state index in [1.165, 1.54) is 37.8 Å². The minimum absolute atomic E-state index is 0.0756. The molecule has 21 heavy (non-hydrogen) atoms. The molecule has 3 heterocycles. The molecule has 1 aromatic rings. The molecule has 0 amide bonds. The van der Waals surface area contributed by atoms with Crippen molar-refractivity contribution < 1.29 is 0 Å². The van der Waals surface area contributed by atoms with E-state index in [1.807, 2.05) is 6.20 Å². The molecule has 2 bridgehead atoms. The number of aromatic nitrogens is 1. The molecule has 1 saturated carbocycles. The highest BCUT2D eigenvalue weighted by Crippen LogP contribution is 2.35. The number of piperidine rings is 2. The van der Waals surface area contributed by atoms with E-state index in [-0.39, 0.29) is 5.41 Å². The molecule has 4 rings (SSSR count). The highest BCUT2D eigenvalue weighted by Gasteiger charge is 2.33. The van der Waals surface area contributed by atoms with Crippen LogP contribution < -0.4 is 0 Å². The summed E-state index contributed by atoms with van der Waals surface area (Å²) in [4.78, 5) is 7.20. The van der Waals surface area contributed by atoms with Gasteiger partial charge in [0.15, 0.2) is 0 Å². The van der Waals surface area contributed by atoms with Crippen molar-refractivity contribution in [1.82, 2.24) is 9.88 Å². The van der Waals surface area contributed by atoms with Crippen LogP contribution in [0.15, 0.2) is 12.3 Å². The first-order valence-electron chi connectivity index (χ1n) is 8.11. The zero-order valence-corrected chi connectivity index (χ0v) is 13.4. The molecular weight excluding hydrogens is 258 g/mol. The Morgan fingerprint density at radius 1 is 1.29 bits per heavy atom. The second kappa shape index (κ2) is 5.42. The van der Waals surface area contributed by atoms with Gasteiger partial charge in [0.25, 0.3) is 0 Å². The zero-order valence-electron chi connectivity index (χ0n) is 13.4. The standard InChI is InChI=1S/C18H25N3/c1-18(2,3)17-15(9-19)8-14(10-20-17)12-21-11-13-4-6-16(21)7-5-13/h8,10,13,16H,4-7,11-12H2,1-3H3. The number of hydrogen-bond donors (Lipinski definition) is 0. The van der Waals surface area contributed by atoms with Gasteiger partial charge in [0.1, 0.15) is 6.07 Å². The van der Waals surface area contributed by atoms with Crippen LogP contribution in [-0.4, -0.2) is 22.5 Å². The number of pyridine rings is 1. The Morgan fingerprint density at radius 3 is 2.52 bits per heavy atom. The summed E-state index contributed by atoms with van der Waals surface area (Å²) >= 11 is 0. The van der Waals surface area contributed by atoms with Crippen LogP contribution in [0.2, 0.25) is 0 Å². The third-order valence-corrected chi connectivity index (χ3v) is 4.99. The van der Waals surface area contributed by atoms with Gasteiger partial charge < -0.3 is 0 Å². The lowest BCUT2D eigenvalue weighted by Crippen LogP contribution is -2.47. The van der Waals surface area contributed by atoms with Crippen LogP contribution in [0.5, 0.6) is 0 Å². The molecule has 0 radical (unpaired) electrons. The Morgan fingerprint density at radius 2 is 2.00 bits per heavy atom. The fourth-order valence-corrected chi connectivity index (χ4v) is 3.88. The smallest absolute Gasteiger partial charge is 0.101 e. The molecule has 0 N–H and O–H groups in total. The first-order chi connectivity index (χ1) is 9.97. The van der Waals surface area contributed by atoms with Crippen LogP contribution >= 0.6 is 0 Å². The highest BCUT2D eigenvalue weighted by atomic mass is 15.2. The molecule has 3 heteroatoms. The number of rotatable bonds is 2. The molecule has 2 aliphatic heterocycles. The molecule has 0 spiro atoms. The maximum atomic E-state index is 9.41. The van der Waals surface area contributed by atoms with Gasteiger partial charge in [0, 0.05) is 30.7 Å². The van der Waals surface area contributed by atoms with E-state index in [0.717, 1.165) is 29.8 Å². The van der Waals surface area contributed by atoms with Gasteiger partial charge >= 0.3 is 0 Å². The Kier molecular flexibility index (Phi) is 3.75. The van der Waals surface area contributed by atoms with Crippen molar-refractivity contribution in [3.63, 3.8) is 0 Å². The first kappa shape index (κ1) is 14.5. The molecule has 1 aliphatic carbocycles. The lowest BCUT2D eigenvalue weighted by Gasteiger charge is -2.45. The SMILES string of the molecule is CC(C)(C)c1ncc(CN2CC3CCC2CC3)cc1C#N. The van der Waals surface area contributed by atoms with E-state index in [2.05, 4.69) is 42.8 Å². The summed E-state index contributed by atoms with van der Waals surface area (Å²) in [5.41, 5.74) is 2.76. The summed E-state index contributed by atoms with van der Waals surface area (Å²) in [6.07, 6.45) is 7.49. The van der Waals surface area contributed by atoms with Gasteiger partial charge in [-0.2, -0.15) is 5.26 Å². The number of nitrogens with zero attached hydrogens (tertiary/aromatic N) is 3. The molecule has 0 atom stereocenters. The van der Waals surface area contributed by atoms with Crippen LogP contribution in [0.4, 0.5) is 0 Å². The number of hydrogen-bond acceptors (Lipinski definition) is 3.